The van der Waals surface area contributed by atoms with Gasteiger partial charge in [0.25, 0.3) is 0 Å². The van der Waals surface area contributed by atoms with Crippen LogP contribution in [0.3, 0.4) is 0 Å². The van der Waals surface area contributed by atoms with Crippen molar-refractivity contribution in [3.63, 3.8) is 0 Å². The van der Waals surface area contributed by atoms with E-state index in [0.717, 1.165) is 38.5 Å². The SMILES string of the molecule is CCCCCCCCCCCCCCCCCCC(=O)OC(COC(=O)CCCCCC)COC1OC(COC2OC(CO)C(O)C(O)C2O)C(O)C(O)C1O. The number of carbonyl (C=O) groups is 2. The van der Waals surface area contributed by atoms with Crippen molar-refractivity contribution in [2.75, 3.05) is 26.4 Å². The molecule has 0 aliphatic carbocycles. The second-order valence-electron chi connectivity index (χ2n) is 15.5. The zero-order chi connectivity index (χ0) is 41.1. The van der Waals surface area contributed by atoms with E-state index in [1.54, 1.807) is 0 Å². The maximum Gasteiger partial charge on any atom is 0.306 e. The molecule has 15 heteroatoms. The van der Waals surface area contributed by atoms with E-state index in [1.165, 1.54) is 77.0 Å². The molecule has 2 saturated heterocycles. The van der Waals surface area contributed by atoms with Gasteiger partial charge in [0.2, 0.25) is 0 Å². The molecule has 2 aliphatic rings. The van der Waals surface area contributed by atoms with Gasteiger partial charge in [-0.1, -0.05) is 129 Å². The van der Waals surface area contributed by atoms with Gasteiger partial charge in [0, 0.05) is 12.8 Å². The summed E-state index contributed by atoms with van der Waals surface area (Å²) in [5.41, 5.74) is 0. The standard InChI is InChI=1S/C41H76O15/c1-3-5-7-9-10-11-12-13-14-15-16-17-18-19-20-22-24-33(44)54-29(26-51-32(43)23-21-8-6-4-2)27-52-40-39(50)37(48)35(46)31(56-40)28-53-41-38(49)36(47)34(45)30(25-42)55-41/h29-31,34-42,45-50H,3-28H2,1-2H3. The molecule has 330 valence electrons. The van der Waals surface area contributed by atoms with Gasteiger partial charge in [-0.25, -0.2) is 0 Å². The average molecular weight is 809 g/mol. The van der Waals surface area contributed by atoms with Crippen LogP contribution in [0.25, 0.3) is 0 Å². The highest BCUT2D eigenvalue weighted by molar-refractivity contribution is 5.70. The fourth-order valence-electron chi connectivity index (χ4n) is 6.92. The number of hydrogen-bond acceptors (Lipinski definition) is 15. The molecule has 56 heavy (non-hydrogen) atoms. The molecule has 2 aliphatic heterocycles. The van der Waals surface area contributed by atoms with Crippen molar-refractivity contribution in [2.24, 2.45) is 0 Å². The van der Waals surface area contributed by atoms with Crippen LogP contribution in [-0.2, 0) is 38.0 Å². The molecule has 7 N–H and O–H groups in total. The number of aliphatic hydroxyl groups is 7. The molecule has 0 radical (unpaired) electrons. The van der Waals surface area contributed by atoms with Gasteiger partial charge < -0.3 is 64.2 Å². The van der Waals surface area contributed by atoms with Crippen LogP contribution >= 0.6 is 0 Å². The minimum atomic E-state index is -1.76. The fourth-order valence-corrected chi connectivity index (χ4v) is 6.92. The van der Waals surface area contributed by atoms with E-state index in [4.69, 9.17) is 28.4 Å². The van der Waals surface area contributed by atoms with Gasteiger partial charge in [-0.3, -0.25) is 9.59 Å². The van der Waals surface area contributed by atoms with Crippen molar-refractivity contribution in [3.8, 4) is 0 Å². The third-order valence-electron chi connectivity index (χ3n) is 10.6. The highest BCUT2D eigenvalue weighted by atomic mass is 16.7. The number of esters is 2. The number of carbonyl (C=O) groups excluding carboxylic acids is 2. The van der Waals surface area contributed by atoms with Crippen molar-refractivity contribution in [3.05, 3.63) is 0 Å². The highest BCUT2D eigenvalue weighted by Gasteiger charge is 2.47. The van der Waals surface area contributed by atoms with Crippen LogP contribution in [0.5, 0.6) is 0 Å². The van der Waals surface area contributed by atoms with Gasteiger partial charge in [0.05, 0.1) is 19.8 Å². The molecular weight excluding hydrogens is 732 g/mol. The molecule has 11 unspecified atom stereocenters. The molecule has 2 fully saturated rings. The van der Waals surface area contributed by atoms with Crippen LogP contribution < -0.4 is 0 Å². The summed E-state index contributed by atoms with van der Waals surface area (Å²) in [6, 6.07) is 0. The third kappa shape index (κ3) is 20.0. The zero-order valence-electron chi connectivity index (χ0n) is 34.1. The summed E-state index contributed by atoms with van der Waals surface area (Å²) in [5.74, 6) is -0.938. The number of ether oxygens (including phenoxy) is 6. The van der Waals surface area contributed by atoms with Crippen molar-refractivity contribution < 1.29 is 73.8 Å². The monoisotopic (exact) mass is 809 g/mol. The summed E-state index contributed by atoms with van der Waals surface area (Å²) in [6.45, 7) is 2.44. The summed E-state index contributed by atoms with van der Waals surface area (Å²) < 4.78 is 33.2. The largest absolute Gasteiger partial charge is 0.462 e. The van der Waals surface area contributed by atoms with E-state index in [2.05, 4.69) is 13.8 Å². The molecule has 0 aromatic heterocycles. The van der Waals surface area contributed by atoms with E-state index < -0.39 is 92.7 Å². The molecular formula is C41H76O15. The number of hydrogen-bond donors (Lipinski definition) is 7. The Hall–Kier alpha value is -1.50. The summed E-state index contributed by atoms with van der Waals surface area (Å²) in [4.78, 5) is 25.2. The van der Waals surface area contributed by atoms with Crippen LogP contribution in [0.1, 0.15) is 155 Å². The van der Waals surface area contributed by atoms with Crippen molar-refractivity contribution in [2.45, 2.75) is 223 Å². The first-order chi connectivity index (χ1) is 27.0. The Morgan fingerprint density at radius 1 is 0.500 bits per heavy atom. The molecule has 11 atom stereocenters. The zero-order valence-corrected chi connectivity index (χ0v) is 34.1. The van der Waals surface area contributed by atoms with E-state index >= 15 is 0 Å². The van der Waals surface area contributed by atoms with Crippen LogP contribution in [0.15, 0.2) is 0 Å². The Morgan fingerprint density at radius 2 is 0.911 bits per heavy atom. The predicted molar refractivity (Wildman–Crippen MR) is 206 cm³/mol. The quantitative estimate of drug-likeness (QED) is 0.0380. The summed E-state index contributed by atoms with van der Waals surface area (Å²) in [7, 11) is 0. The number of unbranched alkanes of at least 4 members (excludes halogenated alkanes) is 18. The Bertz CT molecular complexity index is 1000. The van der Waals surface area contributed by atoms with Gasteiger partial charge in [0.15, 0.2) is 18.7 Å². The number of rotatable bonds is 32. The Balaban J connectivity index is 1.79. The summed E-state index contributed by atoms with van der Waals surface area (Å²) in [6.07, 6.45) is 6.57. The lowest BCUT2D eigenvalue weighted by Gasteiger charge is -2.42. The molecule has 0 saturated carbocycles. The predicted octanol–water partition coefficient (Wildman–Crippen LogP) is 3.70. The second kappa shape index (κ2) is 30.5. The van der Waals surface area contributed by atoms with E-state index in [-0.39, 0.29) is 26.1 Å². The molecule has 0 aromatic carbocycles. The van der Waals surface area contributed by atoms with Gasteiger partial charge in [-0.2, -0.15) is 0 Å². The Morgan fingerprint density at radius 3 is 1.41 bits per heavy atom. The van der Waals surface area contributed by atoms with Crippen molar-refractivity contribution in [1.29, 1.82) is 0 Å². The lowest BCUT2D eigenvalue weighted by Crippen LogP contribution is -2.61. The fraction of sp³-hybridized carbons (Fsp3) is 0.951. The lowest BCUT2D eigenvalue weighted by atomic mass is 9.98. The first-order valence-corrected chi connectivity index (χ1v) is 21.6. The average Bonchev–Trinajstić information content (AvgIpc) is 3.19. The minimum Gasteiger partial charge on any atom is -0.462 e. The van der Waals surface area contributed by atoms with Gasteiger partial charge in [-0.05, 0) is 12.8 Å². The third-order valence-corrected chi connectivity index (χ3v) is 10.6. The molecule has 2 heterocycles. The van der Waals surface area contributed by atoms with Crippen LogP contribution in [-0.4, -0.2) is 142 Å². The van der Waals surface area contributed by atoms with Crippen LogP contribution in [0.2, 0.25) is 0 Å². The summed E-state index contributed by atoms with van der Waals surface area (Å²) in [5, 5.41) is 71.5. The lowest BCUT2D eigenvalue weighted by molar-refractivity contribution is -0.332. The van der Waals surface area contributed by atoms with E-state index in [0.29, 0.717) is 12.8 Å². The minimum absolute atomic E-state index is 0.171. The molecule has 0 aromatic rings. The molecule has 2 rings (SSSR count). The van der Waals surface area contributed by atoms with Crippen molar-refractivity contribution >= 4 is 11.9 Å². The molecule has 0 spiro atoms. The molecule has 0 amide bonds. The first-order valence-electron chi connectivity index (χ1n) is 21.6. The Labute approximate surface area is 334 Å². The number of aliphatic hydroxyl groups excluding tert-OH is 7. The summed E-state index contributed by atoms with van der Waals surface area (Å²) >= 11 is 0. The van der Waals surface area contributed by atoms with Crippen molar-refractivity contribution in [1.82, 2.24) is 0 Å². The first kappa shape index (κ1) is 50.6. The maximum absolute atomic E-state index is 12.8. The normalized spacial score (nSPS) is 28.6. The Kier molecular flexibility index (Phi) is 27.6. The van der Waals surface area contributed by atoms with E-state index in [9.17, 15) is 45.3 Å². The van der Waals surface area contributed by atoms with E-state index in [1.807, 2.05) is 0 Å². The van der Waals surface area contributed by atoms with Gasteiger partial charge >= 0.3 is 11.9 Å². The topological polar surface area (TPSA) is 231 Å². The smallest absolute Gasteiger partial charge is 0.306 e. The van der Waals surface area contributed by atoms with Crippen LogP contribution in [0, 0.1) is 0 Å². The second-order valence-corrected chi connectivity index (χ2v) is 15.5. The molecule has 15 nitrogen and oxygen atoms in total. The van der Waals surface area contributed by atoms with Crippen LogP contribution in [0.4, 0.5) is 0 Å². The molecule has 0 bridgehead atoms. The highest BCUT2D eigenvalue weighted by Crippen LogP contribution is 2.26. The van der Waals surface area contributed by atoms with Gasteiger partial charge in [-0.15, -0.1) is 0 Å². The maximum atomic E-state index is 12.8. The van der Waals surface area contributed by atoms with Gasteiger partial charge in [0.1, 0.15) is 55.4 Å².